The number of nitrogens with zero attached hydrogens (tertiary/aromatic N) is 3. The number of carbonyl (C=O) groups is 1. The molecule has 1 aromatic carbocycles. The van der Waals surface area contributed by atoms with Gasteiger partial charge in [-0.25, -0.2) is 0 Å². The fraction of sp³-hybridized carbons (Fsp3) is 0.278. The first-order valence-corrected chi connectivity index (χ1v) is 9.08. The van der Waals surface area contributed by atoms with Crippen molar-refractivity contribution in [1.82, 2.24) is 20.1 Å². The first kappa shape index (κ1) is 17.3. The normalized spacial score (nSPS) is 10.8. The van der Waals surface area contributed by atoms with Crippen molar-refractivity contribution in [2.45, 2.75) is 25.5 Å². The number of aryl methyl sites for hydroxylation is 1. The predicted octanol–water partition coefficient (Wildman–Crippen LogP) is 3.12. The van der Waals surface area contributed by atoms with Crippen LogP contribution in [-0.2, 0) is 11.3 Å². The van der Waals surface area contributed by atoms with E-state index in [9.17, 15) is 4.79 Å². The van der Waals surface area contributed by atoms with Gasteiger partial charge in [-0.1, -0.05) is 35.5 Å². The molecule has 0 aliphatic carbocycles. The highest BCUT2D eigenvalue weighted by Gasteiger charge is 2.17. The molecule has 25 heavy (non-hydrogen) atoms. The first-order chi connectivity index (χ1) is 12.2. The zero-order valence-corrected chi connectivity index (χ0v) is 15.0. The second kappa shape index (κ2) is 8.02. The number of aromatic nitrogens is 3. The number of thioether (sulfide) groups is 1. The molecule has 3 aromatic rings. The highest BCUT2D eigenvalue weighted by Crippen LogP contribution is 2.25. The molecule has 0 unspecified atom stereocenters. The third-order valence-corrected chi connectivity index (χ3v) is 4.56. The van der Waals surface area contributed by atoms with Gasteiger partial charge in [0.2, 0.25) is 5.91 Å². The van der Waals surface area contributed by atoms with E-state index in [1.54, 1.807) is 6.26 Å². The van der Waals surface area contributed by atoms with Crippen LogP contribution in [0.1, 0.15) is 18.2 Å². The summed E-state index contributed by atoms with van der Waals surface area (Å²) in [5.41, 5.74) is 2.14. The molecule has 6 nitrogen and oxygen atoms in total. The smallest absolute Gasteiger partial charge is 0.230 e. The molecule has 3 rings (SSSR count). The Hall–Kier alpha value is -2.54. The predicted molar refractivity (Wildman–Crippen MR) is 97.4 cm³/mol. The van der Waals surface area contributed by atoms with Crippen molar-refractivity contribution in [3.63, 3.8) is 0 Å². The molecular weight excluding hydrogens is 336 g/mol. The second-order valence-corrected chi connectivity index (χ2v) is 6.53. The average Bonchev–Trinajstić information content (AvgIpc) is 3.24. The maximum Gasteiger partial charge on any atom is 0.230 e. The van der Waals surface area contributed by atoms with Crippen LogP contribution in [0.5, 0.6) is 0 Å². The molecule has 0 aliphatic heterocycles. The topological polar surface area (TPSA) is 73.0 Å². The molecule has 0 aliphatic rings. The van der Waals surface area contributed by atoms with E-state index >= 15 is 0 Å². The van der Waals surface area contributed by atoms with Crippen molar-refractivity contribution in [2.75, 3.05) is 12.3 Å². The minimum absolute atomic E-state index is 0.0165. The Morgan fingerprint density at radius 3 is 2.88 bits per heavy atom. The van der Waals surface area contributed by atoms with E-state index in [4.69, 9.17) is 4.42 Å². The van der Waals surface area contributed by atoms with Gasteiger partial charge in [0, 0.05) is 12.1 Å². The largest absolute Gasteiger partial charge is 0.467 e. The molecule has 0 radical (unpaired) electrons. The van der Waals surface area contributed by atoms with Crippen molar-refractivity contribution < 1.29 is 9.21 Å². The molecule has 0 saturated carbocycles. The lowest BCUT2D eigenvalue weighted by molar-refractivity contribution is -0.118. The Balaban J connectivity index is 1.91. The van der Waals surface area contributed by atoms with E-state index < -0.39 is 0 Å². The van der Waals surface area contributed by atoms with Crippen molar-refractivity contribution in [3.8, 4) is 11.4 Å². The Morgan fingerprint density at radius 2 is 2.16 bits per heavy atom. The molecule has 1 N–H and O–H groups in total. The van der Waals surface area contributed by atoms with Gasteiger partial charge < -0.3 is 9.73 Å². The van der Waals surface area contributed by atoms with Gasteiger partial charge >= 0.3 is 0 Å². The molecule has 2 heterocycles. The summed E-state index contributed by atoms with van der Waals surface area (Å²) >= 11 is 1.37. The van der Waals surface area contributed by atoms with Crippen LogP contribution in [0, 0.1) is 6.92 Å². The lowest BCUT2D eigenvalue weighted by Gasteiger charge is -2.09. The number of hydrogen-bond donors (Lipinski definition) is 1. The van der Waals surface area contributed by atoms with Crippen LogP contribution in [0.25, 0.3) is 11.4 Å². The quantitative estimate of drug-likeness (QED) is 0.659. The van der Waals surface area contributed by atoms with Gasteiger partial charge in [-0.05, 0) is 32.0 Å². The summed E-state index contributed by atoms with van der Waals surface area (Å²) in [5.74, 6) is 1.86. The Bertz CT molecular complexity index is 843. The molecule has 0 saturated heterocycles. The molecule has 0 spiro atoms. The van der Waals surface area contributed by atoms with Crippen LogP contribution < -0.4 is 5.32 Å². The van der Waals surface area contributed by atoms with Crippen molar-refractivity contribution >= 4 is 17.7 Å². The number of hydrogen-bond acceptors (Lipinski definition) is 5. The zero-order chi connectivity index (χ0) is 17.6. The van der Waals surface area contributed by atoms with Gasteiger partial charge in [0.1, 0.15) is 5.76 Å². The minimum Gasteiger partial charge on any atom is -0.467 e. The number of amides is 1. The lowest BCUT2D eigenvalue weighted by Crippen LogP contribution is -2.24. The highest BCUT2D eigenvalue weighted by molar-refractivity contribution is 7.99. The van der Waals surface area contributed by atoms with Crippen molar-refractivity contribution in [1.29, 1.82) is 0 Å². The van der Waals surface area contributed by atoms with E-state index in [1.807, 2.05) is 48.7 Å². The van der Waals surface area contributed by atoms with Crippen LogP contribution in [0.3, 0.4) is 0 Å². The summed E-state index contributed by atoms with van der Waals surface area (Å²) in [6.07, 6.45) is 1.65. The Labute approximate surface area is 150 Å². The Kier molecular flexibility index (Phi) is 5.55. The lowest BCUT2D eigenvalue weighted by atomic mass is 10.1. The minimum atomic E-state index is -0.0165. The average molecular weight is 356 g/mol. The molecule has 7 heteroatoms. The second-order valence-electron chi connectivity index (χ2n) is 5.58. The van der Waals surface area contributed by atoms with Gasteiger partial charge in [0.25, 0.3) is 0 Å². The van der Waals surface area contributed by atoms with E-state index in [1.165, 1.54) is 11.8 Å². The standard InChI is InChI=1S/C18H20N4O2S/c1-3-19-16(23)12-25-18-21-20-17(14-7-4-6-13(2)10-14)22(18)11-15-8-5-9-24-15/h4-10H,3,11-12H2,1-2H3,(H,19,23). The summed E-state index contributed by atoms with van der Waals surface area (Å²) in [5, 5.41) is 12.1. The monoisotopic (exact) mass is 356 g/mol. The SMILES string of the molecule is CCNC(=O)CSc1nnc(-c2cccc(C)c2)n1Cc1ccco1. The van der Waals surface area contributed by atoms with Crippen LogP contribution >= 0.6 is 11.8 Å². The summed E-state index contributed by atoms with van der Waals surface area (Å²) in [6.45, 7) is 5.08. The van der Waals surface area contributed by atoms with Crippen LogP contribution in [-0.4, -0.2) is 33.0 Å². The van der Waals surface area contributed by atoms with E-state index in [0.29, 0.717) is 24.0 Å². The summed E-state index contributed by atoms with van der Waals surface area (Å²) < 4.78 is 7.46. The molecule has 130 valence electrons. The molecule has 2 aromatic heterocycles. The molecule has 0 bridgehead atoms. The van der Waals surface area contributed by atoms with E-state index in [2.05, 4.69) is 21.6 Å². The highest BCUT2D eigenvalue weighted by atomic mass is 32.2. The van der Waals surface area contributed by atoms with E-state index in [0.717, 1.165) is 22.7 Å². The summed E-state index contributed by atoms with van der Waals surface area (Å²) in [7, 11) is 0. The molecular formula is C18H20N4O2S. The Morgan fingerprint density at radius 1 is 1.28 bits per heavy atom. The molecule has 1 amide bonds. The van der Waals surface area contributed by atoms with Crippen molar-refractivity contribution in [2.24, 2.45) is 0 Å². The molecule has 0 atom stereocenters. The van der Waals surface area contributed by atoms with Gasteiger partial charge in [0.15, 0.2) is 11.0 Å². The number of furan rings is 1. The molecule has 0 fully saturated rings. The van der Waals surface area contributed by atoms with Crippen LogP contribution in [0.2, 0.25) is 0 Å². The van der Waals surface area contributed by atoms with Gasteiger partial charge in [-0.2, -0.15) is 0 Å². The maximum atomic E-state index is 11.8. The third-order valence-electron chi connectivity index (χ3n) is 3.59. The van der Waals surface area contributed by atoms with Gasteiger partial charge in [-0.15, -0.1) is 10.2 Å². The summed E-state index contributed by atoms with van der Waals surface area (Å²) in [6, 6.07) is 11.9. The third kappa shape index (κ3) is 4.30. The number of carbonyl (C=O) groups excluding carboxylic acids is 1. The number of nitrogens with one attached hydrogen (secondary N) is 1. The fourth-order valence-corrected chi connectivity index (χ4v) is 3.24. The zero-order valence-electron chi connectivity index (χ0n) is 14.2. The van der Waals surface area contributed by atoms with Gasteiger partial charge in [-0.3, -0.25) is 9.36 Å². The number of benzene rings is 1. The van der Waals surface area contributed by atoms with Gasteiger partial charge in [0.05, 0.1) is 18.6 Å². The van der Waals surface area contributed by atoms with Crippen LogP contribution in [0.4, 0.5) is 0 Å². The van der Waals surface area contributed by atoms with Crippen molar-refractivity contribution in [3.05, 3.63) is 54.0 Å². The number of rotatable bonds is 7. The first-order valence-electron chi connectivity index (χ1n) is 8.09. The maximum absolute atomic E-state index is 11.8. The van der Waals surface area contributed by atoms with E-state index in [-0.39, 0.29) is 5.91 Å². The summed E-state index contributed by atoms with van der Waals surface area (Å²) in [4.78, 5) is 11.8. The van der Waals surface area contributed by atoms with Crippen LogP contribution in [0.15, 0.2) is 52.2 Å². The fourth-order valence-electron chi connectivity index (χ4n) is 2.47.